The number of likely N-dealkylation sites (N-methyl/N-ethyl adjacent to an activating group) is 1. The third-order valence-corrected chi connectivity index (χ3v) is 7.73. The van der Waals surface area contributed by atoms with E-state index in [1.807, 2.05) is 32.7 Å². The van der Waals surface area contributed by atoms with Crippen molar-refractivity contribution in [2.24, 2.45) is 5.41 Å². The van der Waals surface area contributed by atoms with Crippen molar-refractivity contribution in [1.82, 2.24) is 9.80 Å². The molecule has 1 saturated heterocycles. The number of hydrogen-bond acceptors (Lipinski definition) is 6. The Bertz CT molecular complexity index is 561. The van der Waals surface area contributed by atoms with Crippen LogP contribution in [-0.4, -0.2) is 60.8 Å². The first-order valence-corrected chi connectivity index (χ1v) is 11.2. The van der Waals surface area contributed by atoms with Crippen molar-refractivity contribution in [3.05, 3.63) is 0 Å². The van der Waals surface area contributed by atoms with E-state index < -0.39 is 24.6 Å². The summed E-state index contributed by atoms with van der Waals surface area (Å²) < 4.78 is 30.2. The van der Waals surface area contributed by atoms with Crippen molar-refractivity contribution in [2.45, 2.75) is 84.8 Å². The third kappa shape index (κ3) is 4.87. The Kier molecular flexibility index (Phi) is 7.60. The van der Waals surface area contributed by atoms with E-state index in [4.69, 9.17) is 13.8 Å². The van der Waals surface area contributed by atoms with Crippen LogP contribution in [0.2, 0.25) is 0 Å². The van der Waals surface area contributed by atoms with E-state index in [0.717, 1.165) is 12.8 Å². The van der Waals surface area contributed by atoms with Gasteiger partial charge in [-0.05, 0) is 39.7 Å². The molecule has 1 heterocycles. The molecule has 1 fully saturated rings. The van der Waals surface area contributed by atoms with Gasteiger partial charge in [-0.3, -0.25) is 14.4 Å². The van der Waals surface area contributed by atoms with Gasteiger partial charge in [-0.15, -0.1) is 0 Å². The smallest absolute Gasteiger partial charge is 0.411 e. The Morgan fingerprint density at radius 1 is 1.15 bits per heavy atom. The Morgan fingerprint density at radius 2 is 1.67 bits per heavy atom. The molecule has 1 aliphatic heterocycles. The molecule has 8 heteroatoms. The van der Waals surface area contributed by atoms with Crippen LogP contribution >= 0.6 is 7.60 Å². The molecular weight excluding hydrogens is 367 g/mol. The lowest BCUT2D eigenvalue weighted by Gasteiger charge is -2.43. The summed E-state index contributed by atoms with van der Waals surface area (Å²) in [7, 11) is 1.22. The van der Waals surface area contributed by atoms with Crippen LogP contribution in [0.4, 0.5) is 4.79 Å². The number of nitrogens with zero attached hydrogens (tertiary/aromatic N) is 2. The molecule has 0 aromatic heterocycles. The van der Waals surface area contributed by atoms with Crippen LogP contribution in [0.5, 0.6) is 0 Å². The minimum absolute atomic E-state index is 0.235. The predicted molar refractivity (Wildman–Crippen MR) is 108 cm³/mol. The van der Waals surface area contributed by atoms with Crippen LogP contribution in [0.25, 0.3) is 0 Å². The highest BCUT2D eigenvalue weighted by molar-refractivity contribution is 7.55. The minimum atomic E-state index is -3.50. The molecule has 0 unspecified atom stereocenters. The summed E-state index contributed by atoms with van der Waals surface area (Å²) in [5.74, 6) is 0. The maximum absolute atomic E-state index is 13.7. The van der Waals surface area contributed by atoms with Gasteiger partial charge in [0, 0.05) is 14.2 Å². The van der Waals surface area contributed by atoms with E-state index in [0.29, 0.717) is 6.42 Å². The summed E-state index contributed by atoms with van der Waals surface area (Å²) in [4.78, 5) is 16.7. The fourth-order valence-corrected chi connectivity index (χ4v) is 6.07. The van der Waals surface area contributed by atoms with Crippen molar-refractivity contribution in [2.75, 3.05) is 27.8 Å². The zero-order valence-electron chi connectivity index (χ0n) is 18.8. The van der Waals surface area contributed by atoms with Crippen molar-refractivity contribution < 1.29 is 23.1 Å². The summed E-state index contributed by atoms with van der Waals surface area (Å²) >= 11 is 0. The molecule has 0 bridgehead atoms. The number of amides is 1. The van der Waals surface area contributed by atoms with Crippen LogP contribution in [-0.2, 0) is 18.3 Å². The van der Waals surface area contributed by atoms with Crippen molar-refractivity contribution in [1.29, 1.82) is 0 Å². The lowest BCUT2D eigenvalue weighted by atomic mass is 9.91. The van der Waals surface area contributed by atoms with E-state index in [-0.39, 0.29) is 18.1 Å². The molecule has 27 heavy (non-hydrogen) atoms. The van der Waals surface area contributed by atoms with Gasteiger partial charge in [-0.1, -0.05) is 40.5 Å². The number of unbranched alkanes of at least 4 members (excludes halogenated alkanes) is 1. The van der Waals surface area contributed by atoms with Crippen molar-refractivity contribution >= 4 is 13.7 Å². The monoisotopic (exact) mass is 406 g/mol. The summed E-state index contributed by atoms with van der Waals surface area (Å²) in [5, 5.41) is -0.915. The molecule has 160 valence electrons. The molecule has 0 aromatic carbocycles. The van der Waals surface area contributed by atoms with Gasteiger partial charge in [0.25, 0.3) is 0 Å². The molecule has 2 atom stereocenters. The Morgan fingerprint density at radius 3 is 2.04 bits per heavy atom. The van der Waals surface area contributed by atoms with E-state index in [1.165, 1.54) is 14.2 Å². The molecule has 0 saturated carbocycles. The lowest BCUT2D eigenvalue weighted by Crippen LogP contribution is -2.52. The van der Waals surface area contributed by atoms with Gasteiger partial charge >= 0.3 is 13.7 Å². The number of carbonyl (C=O) groups excluding carboxylic acids is 1. The highest BCUT2D eigenvalue weighted by Gasteiger charge is 2.63. The normalized spacial score (nSPS) is 25.1. The van der Waals surface area contributed by atoms with Gasteiger partial charge in [0.05, 0.1) is 12.7 Å². The van der Waals surface area contributed by atoms with Crippen LogP contribution in [0.1, 0.15) is 67.7 Å². The van der Waals surface area contributed by atoms with E-state index >= 15 is 0 Å². The van der Waals surface area contributed by atoms with Gasteiger partial charge < -0.3 is 13.8 Å². The molecule has 0 radical (unpaired) electrons. The first kappa shape index (κ1) is 24.4. The quantitative estimate of drug-likeness (QED) is 0.584. The van der Waals surface area contributed by atoms with Crippen LogP contribution < -0.4 is 0 Å². The lowest BCUT2D eigenvalue weighted by molar-refractivity contribution is -0.00894. The van der Waals surface area contributed by atoms with E-state index in [1.54, 1.807) is 4.90 Å². The number of hydrogen-bond donors (Lipinski definition) is 0. The van der Waals surface area contributed by atoms with Gasteiger partial charge in [0.15, 0.2) is 0 Å². The Balaban J connectivity index is 3.50. The second-order valence-electron chi connectivity index (χ2n) is 9.41. The average molecular weight is 407 g/mol. The number of rotatable bonds is 6. The van der Waals surface area contributed by atoms with Gasteiger partial charge in [0.1, 0.15) is 10.9 Å². The largest absolute Gasteiger partial charge is 0.444 e. The first-order valence-electron chi connectivity index (χ1n) is 9.63. The van der Waals surface area contributed by atoms with Crippen molar-refractivity contribution in [3.8, 4) is 0 Å². The molecule has 1 rings (SSSR count). The predicted octanol–water partition coefficient (Wildman–Crippen LogP) is 4.91. The average Bonchev–Trinajstić information content (AvgIpc) is 2.85. The fourth-order valence-electron chi connectivity index (χ4n) is 3.99. The summed E-state index contributed by atoms with van der Waals surface area (Å²) in [6, 6.07) is 0. The first-order chi connectivity index (χ1) is 12.2. The highest BCUT2D eigenvalue weighted by atomic mass is 31.2. The molecular formula is C19H39N2O5P. The molecule has 0 N–H and O–H groups in total. The van der Waals surface area contributed by atoms with E-state index in [9.17, 15) is 9.36 Å². The Hall–Kier alpha value is -0.620. The maximum atomic E-state index is 13.7. The molecule has 0 aliphatic carbocycles. The zero-order chi connectivity index (χ0) is 21.3. The Labute approximate surface area is 165 Å². The summed E-state index contributed by atoms with van der Waals surface area (Å²) in [6.45, 7) is 14.0. The van der Waals surface area contributed by atoms with Gasteiger partial charge in [-0.25, -0.2) is 4.79 Å². The second kappa shape index (κ2) is 8.40. The maximum Gasteiger partial charge on any atom is 0.411 e. The standard InChI is InChI=1S/C19H39N2O5P/c1-11-12-13-19(27(23,24-9)25-10)14-21(16(22)26-18(5,6)7)15(20(19)8)17(2,3)4/h15H,11-14H2,1-10H3/t15-,19+/m1/s1. The van der Waals surface area contributed by atoms with E-state index in [2.05, 4.69) is 27.7 Å². The SMILES string of the molecule is CCCC[C@]1(P(=O)(OC)OC)CN(C(=O)OC(C)(C)C)[C@H](C(C)(C)C)N1C. The number of ether oxygens (including phenoxy) is 1. The second-order valence-corrected chi connectivity index (χ2v) is 12.0. The molecule has 1 amide bonds. The molecule has 1 aliphatic rings. The molecule has 7 nitrogen and oxygen atoms in total. The summed E-state index contributed by atoms with van der Waals surface area (Å²) in [6.07, 6.45) is 1.68. The third-order valence-electron chi connectivity index (χ3n) is 5.07. The minimum Gasteiger partial charge on any atom is -0.444 e. The van der Waals surface area contributed by atoms with Crippen LogP contribution in [0.15, 0.2) is 0 Å². The van der Waals surface area contributed by atoms with Crippen molar-refractivity contribution in [3.63, 3.8) is 0 Å². The molecule has 0 spiro atoms. The highest BCUT2D eigenvalue weighted by Crippen LogP contribution is 2.65. The fraction of sp³-hybridized carbons (Fsp3) is 0.947. The molecule has 0 aromatic rings. The number of carbonyl (C=O) groups is 1. The van der Waals surface area contributed by atoms with Gasteiger partial charge in [-0.2, -0.15) is 0 Å². The van der Waals surface area contributed by atoms with Gasteiger partial charge in [0.2, 0.25) is 0 Å². The zero-order valence-corrected chi connectivity index (χ0v) is 19.7. The van der Waals surface area contributed by atoms with Crippen LogP contribution in [0, 0.1) is 5.41 Å². The van der Waals surface area contributed by atoms with Crippen LogP contribution in [0.3, 0.4) is 0 Å². The topological polar surface area (TPSA) is 68.3 Å². The summed E-state index contributed by atoms with van der Waals surface area (Å²) in [5.41, 5.74) is -0.898.